The van der Waals surface area contributed by atoms with E-state index >= 15 is 0 Å². The fourth-order valence-electron chi connectivity index (χ4n) is 1.72. The van der Waals surface area contributed by atoms with Crippen LogP contribution >= 0.6 is 0 Å². The van der Waals surface area contributed by atoms with Gasteiger partial charge in [-0.05, 0) is 39.1 Å². The van der Waals surface area contributed by atoms with Crippen LogP contribution in [0, 0.1) is 17.1 Å². The van der Waals surface area contributed by atoms with Gasteiger partial charge in [-0.15, -0.1) is 0 Å². The Morgan fingerprint density at radius 3 is 2.80 bits per heavy atom. The number of nitrogens with two attached hydrogens (primary N) is 1. The van der Waals surface area contributed by atoms with Gasteiger partial charge >= 0.3 is 0 Å². The van der Waals surface area contributed by atoms with Crippen molar-refractivity contribution in [2.24, 2.45) is 0 Å². The Morgan fingerprint density at radius 2 is 2.20 bits per heavy atom. The smallest absolute Gasteiger partial charge is 0.241 e. The van der Waals surface area contributed by atoms with Crippen LogP contribution in [0.1, 0.15) is 20.3 Å². The van der Waals surface area contributed by atoms with Gasteiger partial charge in [-0.1, -0.05) is 0 Å². The number of carbonyl (C=O) groups is 1. The summed E-state index contributed by atoms with van der Waals surface area (Å²) in [6.07, 6.45) is 0.320. The second-order valence-electron chi connectivity index (χ2n) is 4.78. The molecule has 0 spiro atoms. The highest BCUT2D eigenvalue weighted by atomic mass is 19.1. The molecule has 1 aromatic carbocycles. The van der Waals surface area contributed by atoms with E-state index in [0.717, 1.165) is 0 Å². The maximum absolute atomic E-state index is 13.5. The number of nitrogens with zero attached hydrogens (tertiary/aromatic N) is 2. The molecule has 108 valence electrons. The monoisotopic (exact) mass is 278 g/mol. The van der Waals surface area contributed by atoms with Crippen LogP contribution in [0.15, 0.2) is 18.2 Å². The average Bonchev–Trinajstić information content (AvgIpc) is 2.41. The molecule has 0 saturated heterocycles. The molecule has 1 aromatic rings. The molecule has 0 fully saturated rings. The van der Waals surface area contributed by atoms with E-state index in [-0.39, 0.29) is 17.6 Å². The third kappa shape index (κ3) is 3.93. The zero-order chi connectivity index (χ0) is 15.3. The molecule has 0 aromatic heterocycles. The Morgan fingerprint density at radius 1 is 1.55 bits per heavy atom. The Labute approximate surface area is 118 Å². The summed E-state index contributed by atoms with van der Waals surface area (Å²) in [5.41, 5.74) is 6.00. The van der Waals surface area contributed by atoms with Gasteiger partial charge in [0.1, 0.15) is 5.82 Å². The van der Waals surface area contributed by atoms with Gasteiger partial charge in [0.05, 0.1) is 24.2 Å². The molecule has 2 unspecified atom stereocenters. The highest BCUT2D eigenvalue weighted by molar-refractivity contribution is 5.95. The SMILES string of the molecule is CC(CC#N)N(C)C(C)C(=O)Nc1cc(N)ccc1F. The van der Waals surface area contributed by atoms with Gasteiger partial charge in [0.25, 0.3) is 0 Å². The first-order valence-corrected chi connectivity index (χ1v) is 6.31. The predicted octanol–water partition coefficient (Wildman–Crippen LogP) is 1.97. The predicted molar refractivity (Wildman–Crippen MR) is 76.4 cm³/mol. The van der Waals surface area contributed by atoms with Crippen LogP contribution in [-0.2, 0) is 4.79 Å². The van der Waals surface area contributed by atoms with Gasteiger partial charge in [0, 0.05) is 11.7 Å². The topological polar surface area (TPSA) is 82.2 Å². The normalized spacial score (nSPS) is 13.6. The fraction of sp³-hybridized carbons (Fsp3) is 0.429. The molecule has 0 radical (unpaired) electrons. The first kappa shape index (κ1) is 15.9. The van der Waals surface area contributed by atoms with Crippen LogP contribution in [0.4, 0.5) is 15.8 Å². The van der Waals surface area contributed by atoms with E-state index in [9.17, 15) is 9.18 Å². The maximum Gasteiger partial charge on any atom is 0.241 e. The minimum Gasteiger partial charge on any atom is -0.399 e. The molecule has 1 rings (SSSR count). The number of likely N-dealkylation sites (N-methyl/N-ethyl adjacent to an activating group) is 1. The summed E-state index contributed by atoms with van der Waals surface area (Å²) >= 11 is 0. The van der Waals surface area contributed by atoms with Crippen molar-refractivity contribution in [1.29, 1.82) is 5.26 Å². The largest absolute Gasteiger partial charge is 0.399 e. The number of carbonyl (C=O) groups excluding carboxylic acids is 1. The Hall–Kier alpha value is -2.13. The molecule has 2 atom stereocenters. The van der Waals surface area contributed by atoms with E-state index in [1.54, 1.807) is 18.9 Å². The molecule has 5 nitrogen and oxygen atoms in total. The van der Waals surface area contributed by atoms with Gasteiger partial charge in [0.2, 0.25) is 5.91 Å². The van der Waals surface area contributed by atoms with Crippen molar-refractivity contribution < 1.29 is 9.18 Å². The second-order valence-corrected chi connectivity index (χ2v) is 4.78. The number of anilines is 2. The standard InChI is InChI=1S/C14H19FN4O/c1-9(6-7-16)19(3)10(2)14(20)18-13-8-11(17)4-5-12(13)15/h4-5,8-10H,6,17H2,1-3H3,(H,18,20). The molecule has 6 heteroatoms. The zero-order valence-corrected chi connectivity index (χ0v) is 11.9. The van der Waals surface area contributed by atoms with Crippen molar-refractivity contribution in [3.05, 3.63) is 24.0 Å². The molecule has 0 bridgehead atoms. The van der Waals surface area contributed by atoms with Gasteiger partial charge in [-0.25, -0.2) is 4.39 Å². The summed E-state index contributed by atoms with van der Waals surface area (Å²) in [6.45, 7) is 3.56. The number of benzene rings is 1. The van der Waals surface area contributed by atoms with Crippen LogP contribution < -0.4 is 11.1 Å². The average molecular weight is 278 g/mol. The quantitative estimate of drug-likeness (QED) is 0.807. The lowest BCUT2D eigenvalue weighted by Crippen LogP contribution is -2.44. The Balaban J connectivity index is 2.75. The van der Waals surface area contributed by atoms with E-state index in [2.05, 4.69) is 11.4 Å². The van der Waals surface area contributed by atoms with E-state index in [1.807, 2.05) is 6.92 Å². The molecule has 0 saturated carbocycles. The van der Waals surface area contributed by atoms with Crippen LogP contribution in [-0.4, -0.2) is 29.9 Å². The lowest BCUT2D eigenvalue weighted by atomic mass is 10.1. The first-order valence-electron chi connectivity index (χ1n) is 6.31. The summed E-state index contributed by atoms with van der Waals surface area (Å²) in [4.78, 5) is 13.8. The van der Waals surface area contributed by atoms with Crippen LogP contribution in [0.5, 0.6) is 0 Å². The first-order chi connectivity index (χ1) is 9.36. The summed E-state index contributed by atoms with van der Waals surface area (Å²) in [5, 5.41) is 11.2. The zero-order valence-electron chi connectivity index (χ0n) is 11.9. The number of nitrogen functional groups attached to an aromatic ring is 1. The molecule has 3 N–H and O–H groups in total. The molecule has 20 heavy (non-hydrogen) atoms. The number of amides is 1. The van der Waals surface area contributed by atoms with Crippen LogP contribution in [0.2, 0.25) is 0 Å². The molecular weight excluding hydrogens is 259 g/mol. The van der Waals surface area contributed by atoms with E-state index in [1.165, 1.54) is 18.2 Å². The van der Waals surface area contributed by atoms with Crippen molar-refractivity contribution in [2.45, 2.75) is 32.4 Å². The fourth-order valence-corrected chi connectivity index (χ4v) is 1.72. The molecule has 0 aliphatic carbocycles. The van der Waals surface area contributed by atoms with Crippen molar-refractivity contribution in [1.82, 2.24) is 4.90 Å². The number of halogens is 1. The third-order valence-electron chi connectivity index (χ3n) is 3.32. The van der Waals surface area contributed by atoms with E-state index in [4.69, 9.17) is 11.0 Å². The van der Waals surface area contributed by atoms with Crippen molar-refractivity contribution in [3.63, 3.8) is 0 Å². The summed E-state index contributed by atoms with van der Waals surface area (Å²) in [5.74, 6) is -0.880. The summed E-state index contributed by atoms with van der Waals surface area (Å²) in [7, 11) is 1.75. The number of hydrogen-bond acceptors (Lipinski definition) is 4. The van der Waals surface area contributed by atoms with E-state index in [0.29, 0.717) is 12.1 Å². The van der Waals surface area contributed by atoms with E-state index < -0.39 is 11.9 Å². The summed E-state index contributed by atoms with van der Waals surface area (Å²) < 4.78 is 13.5. The van der Waals surface area contributed by atoms with Crippen LogP contribution in [0.25, 0.3) is 0 Å². The maximum atomic E-state index is 13.5. The second kappa shape index (κ2) is 6.87. The molecule has 0 aliphatic heterocycles. The van der Waals surface area contributed by atoms with Gasteiger partial charge < -0.3 is 11.1 Å². The highest BCUT2D eigenvalue weighted by Gasteiger charge is 2.22. The molecule has 0 aliphatic rings. The van der Waals surface area contributed by atoms with Crippen molar-refractivity contribution in [2.75, 3.05) is 18.1 Å². The van der Waals surface area contributed by atoms with Crippen molar-refractivity contribution >= 4 is 17.3 Å². The van der Waals surface area contributed by atoms with Gasteiger partial charge in [-0.3, -0.25) is 9.69 Å². The number of nitrogens with one attached hydrogen (secondary N) is 1. The third-order valence-corrected chi connectivity index (χ3v) is 3.32. The lowest BCUT2D eigenvalue weighted by molar-refractivity contribution is -0.120. The number of hydrogen-bond donors (Lipinski definition) is 2. The minimum atomic E-state index is -0.535. The minimum absolute atomic E-state index is 0.0585. The summed E-state index contributed by atoms with van der Waals surface area (Å²) in [6, 6.07) is 5.51. The highest BCUT2D eigenvalue weighted by Crippen LogP contribution is 2.18. The lowest BCUT2D eigenvalue weighted by Gasteiger charge is -2.28. The Kier molecular flexibility index (Phi) is 5.47. The van der Waals surface area contributed by atoms with Crippen LogP contribution in [0.3, 0.4) is 0 Å². The Bertz CT molecular complexity index is 526. The molecule has 0 heterocycles. The van der Waals surface area contributed by atoms with Crippen molar-refractivity contribution in [3.8, 4) is 6.07 Å². The molecule has 1 amide bonds. The van der Waals surface area contributed by atoms with Gasteiger partial charge in [0.15, 0.2) is 0 Å². The number of nitriles is 1. The molecular formula is C14H19FN4O. The number of rotatable bonds is 5. The van der Waals surface area contributed by atoms with Gasteiger partial charge in [-0.2, -0.15) is 5.26 Å².